The molecule has 0 bridgehead atoms. The molecule has 10 heteroatoms. The number of rotatable bonds is 11. The normalized spacial score (nSPS) is 18.3. The zero-order valence-corrected chi connectivity index (χ0v) is 26.7. The fraction of sp³-hybridized carbons (Fsp3) is 0.429. The Hall–Kier alpha value is -3.17. The number of carbonyl (C=O) groups is 2. The highest BCUT2D eigenvalue weighted by Gasteiger charge is 2.38. The number of carboxylic acid groups (broad SMARTS) is 1. The lowest BCUT2D eigenvalue weighted by Crippen LogP contribution is -2.42. The number of likely N-dealkylation sites (tertiary alicyclic amines) is 1. The Bertz CT molecular complexity index is 1470. The Morgan fingerprint density at radius 1 is 0.933 bits per heavy atom. The highest BCUT2D eigenvalue weighted by Crippen LogP contribution is 2.45. The number of hydrogen-bond acceptors (Lipinski definition) is 5. The number of nitrogens with one attached hydrogen (secondary N) is 1. The number of carboxylic acids is 1. The van der Waals surface area contributed by atoms with Crippen molar-refractivity contribution in [3.05, 3.63) is 98.8 Å². The number of carbonyl (C=O) groups excluding carboxylic acids is 1. The molecule has 0 aromatic heterocycles. The van der Waals surface area contributed by atoms with E-state index in [0.717, 1.165) is 69.9 Å². The van der Waals surface area contributed by atoms with Crippen molar-refractivity contribution >= 4 is 35.1 Å². The van der Waals surface area contributed by atoms with Gasteiger partial charge in [-0.3, -0.25) is 9.69 Å². The van der Waals surface area contributed by atoms with Gasteiger partial charge in [0.1, 0.15) is 17.6 Å². The summed E-state index contributed by atoms with van der Waals surface area (Å²) in [4.78, 5) is 26.9. The van der Waals surface area contributed by atoms with Crippen molar-refractivity contribution in [1.82, 2.24) is 10.2 Å². The van der Waals surface area contributed by atoms with Gasteiger partial charge >= 0.3 is 5.97 Å². The maximum atomic E-state index is 15.2. The number of halogens is 3. The van der Waals surface area contributed by atoms with Gasteiger partial charge in [0.05, 0.1) is 18.2 Å². The van der Waals surface area contributed by atoms with Gasteiger partial charge in [-0.2, -0.15) is 0 Å². The lowest BCUT2D eigenvalue weighted by Gasteiger charge is -2.38. The summed E-state index contributed by atoms with van der Waals surface area (Å²) < 4.78 is 21.4. The van der Waals surface area contributed by atoms with Gasteiger partial charge in [0, 0.05) is 23.2 Å². The van der Waals surface area contributed by atoms with Crippen LogP contribution in [0.25, 0.3) is 0 Å². The van der Waals surface area contributed by atoms with Crippen LogP contribution >= 0.6 is 23.2 Å². The number of aliphatic hydroxyl groups excluding tert-OH is 1. The summed E-state index contributed by atoms with van der Waals surface area (Å²) >= 11 is 12.8. The molecule has 3 aromatic rings. The molecule has 2 atom stereocenters. The number of piperidine rings is 1. The van der Waals surface area contributed by atoms with E-state index in [1.165, 1.54) is 11.6 Å². The molecule has 1 saturated heterocycles. The molecule has 240 valence electrons. The van der Waals surface area contributed by atoms with Gasteiger partial charge in [-0.1, -0.05) is 53.5 Å². The summed E-state index contributed by atoms with van der Waals surface area (Å²) in [5.41, 5.74) is 2.93. The largest absolute Gasteiger partial charge is 0.493 e. The maximum Gasteiger partial charge on any atom is 0.326 e. The van der Waals surface area contributed by atoms with Crippen LogP contribution in [0, 0.1) is 17.7 Å². The van der Waals surface area contributed by atoms with Crippen LogP contribution in [-0.4, -0.2) is 59.8 Å². The van der Waals surface area contributed by atoms with Gasteiger partial charge in [0.25, 0.3) is 5.91 Å². The van der Waals surface area contributed by atoms with E-state index in [-0.39, 0.29) is 23.4 Å². The van der Waals surface area contributed by atoms with Crippen molar-refractivity contribution in [1.29, 1.82) is 0 Å². The molecule has 2 aliphatic carbocycles. The van der Waals surface area contributed by atoms with Crippen LogP contribution in [0.2, 0.25) is 10.0 Å². The van der Waals surface area contributed by atoms with Gasteiger partial charge < -0.3 is 20.3 Å². The van der Waals surface area contributed by atoms with Crippen molar-refractivity contribution in [3.8, 4) is 5.75 Å². The smallest absolute Gasteiger partial charge is 0.326 e. The van der Waals surface area contributed by atoms with E-state index in [1.54, 1.807) is 12.1 Å². The van der Waals surface area contributed by atoms with Crippen molar-refractivity contribution < 1.29 is 28.9 Å². The average molecular weight is 658 g/mol. The second-order valence-electron chi connectivity index (χ2n) is 12.1. The number of nitrogens with zero attached hydrogens (tertiary/aromatic N) is 1. The first-order chi connectivity index (χ1) is 21.8. The minimum Gasteiger partial charge on any atom is -0.493 e. The average Bonchev–Trinajstić information content (AvgIpc) is 3.95. The first-order valence-corrected chi connectivity index (χ1v) is 16.2. The fourth-order valence-electron chi connectivity index (χ4n) is 6.18. The lowest BCUT2D eigenvalue weighted by molar-refractivity contribution is -0.139. The van der Waals surface area contributed by atoms with Crippen molar-refractivity contribution in [2.24, 2.45) is 11.8 Å². The molecule has 0 spiro atoms. The van der Waals surface area contributed by atoms with Gasteiger partial charge in [-0.15, -0.1) is 0 Å². The summed E-state index contributed by atoms with van der Waals surface area (Å²) in [6, 6.07) is 17.9. The Balaban J connectivity index is 0.00000196. The molecule has 2 unspecified atom stereocenters. The molecule has 45 heavy (non-hydrogen) atoms. The molecular weight excluding hydrogens is 618 g/mol. The van der Waals surface area contributed by atoms with Crippen molar-refractivity contribution in [2.75, 3.05) is 26.8 Å². The summed E-state index contributed by atoms with van der Waals surface area (Å²) in [6.07, 6.45) is 5.24. The molecule has 3 aromatic carbocycles. The molecule has 3 aliphatic rings. The quantitative estimate of drug-likeness (QED) is 0.204. The Kier molecular flexibility index (Phi) is 11.0. The predicted octanol–water partition coefficient (Wildman–Crippen LogP) is 7.09. The monoisotopic (exact) mass is 656 g/mol. The summed E-state index contributed by atoms with van der Waals surface area (Å²) in [5, 5.41) is 20.2. The summed E-state index contributed by atoms with van der Waals surface area (Å²) in [5.74, 6) is -1.57. The third-order valence-corrected chi connectivity index (χ3v) is 9.25. The Labute approximate surface area is 273 Å². The van der Waals surface area contributed by atoms with E-state index >= 15 is 4.39 Å². The number of hydrogen-bond donors (Lipinski definition) is 3. The predicted molar refractivity (Wildman–Crippen MR) is 173 cm³/mol. The lowest BCUT2D eigenvalue weighted by atomic mass is 9.91. The van der Waals surface area contributed by atoms with Crippen LogP contribution in [-0.2, 0) is 4.79 Å². The SMILES string of the molecule is CO.O=C(NC(C(=O)O)C1CC1)c1cc(C2CC2)c(OCC2CCN(C(c3ccccc3)c3cc(Cl)cc(Cl)c3)CC2)cc1F. The number of aliphatic carboxylic acids is 1. The number of benzene rings is 3. The van der Waals surface area contributed by atoms with Crippen molar-refractivity contribution in [2.45, 2.75) is 56.5 Å². The van der Waals surface area contributed by atoms with Crippen LogP contribution in [0.4, 0.5) is 4.39 Å². The van der Waals surface area contributed by atoms with E-state index in [1.807, 2.05) is 30.3 Å². The van der Waals surface area contributed by atoms with Crippen LogP contribution in [0.1, 0.15) is 77.5 Å². The van der Waals surface area contributed by atoms with Gasteiger partial charge in [0.15, 0.2) is 0 Å². The molecule has 3 fully saturated rings. The molecule has 6 rings (SSSR count). The number of aliphatic hydroxyl groups is 1. The van der Waals surface area contributed by atoms with E-state index in [2.05, 4.69) is 22.3 Å². The van der Waals surface area contributed by atoms with Gasteiger partial charge in [-0.05, 0) is 110 Å². The highest BCUT2D eigenvalue weighted by molar-refractivity contribution is 6.34. The zero-order chi connectivity index (χ0) is 32.1. The highest BCUT2D eigenvalue weighted by atomic mass is 35.5. The van der Waals surface area contributed by atoms with E-state index in [4.69, 9.17) is 33.0 Å². The molecule has 3 N–H and O–H groups in total. The third kappa shape index (κ3) is 8.36. The first-order valence-electron chi connectivity index (χ1n) is 15.5. The number of amides is 1. The minimum absolute atomic E-state index is 0.0224. The fourth-order valence-corrected chi connectivity index (χ4v) is 6.72. The summed E-state index contributed by atoms with van der Waals surface area (Å²) in [6.45, 7) is 2.17. The Morgan fingerprint density at radius 3 is 2.16 bits per heavy atom. The second-order valence-corrected chi connectivity index (χ2v) is 13.0. The van der Waals surface area contributed by atoms with E-state index in [9.17, 15) is 14.7 Å². The minimum atomic E-state index is -1.09. The van der Waals surface area contributed by atoms with Gasteiger partial charge in [-0.25, -0.2) is 9.18 Å². The molecule has 2 saturated carbocycles. The van der Waals surface area contributed by atoms with E-state index in [0.29, 0.717) is 28.3 Å². The van der Waals surface area contributed by atoms with Crippen LogP contribution in [0.3, 0.4) is 0 Å². The molecule has 1 heterocycles. The second kappa shape index (κ2) is 14.9. The summed E-state index contributed by atoms with van der Waals surface area (Å²) in [7, 11) is 1.00. The van der Waals surface area contributed by atoms with Gasteiger partial charge in [0.2, 0.25) is 0 Å². The third-order valence-electron chi connectivity index (χ3n) is 8.81. The van der Waals surface area contributed by atoms with Crippen molar-refractivity contribution in [3.63, 3.8) is 0 Å². The molecular formula is C35H39Cl2FN2O5. The standard InChI is InChI=1S/C34H35Cl2FN2O4.CH4O/c35-25-14-24(15-26(36)16-25)32(23-4-2-1-3-5-23)39-12-10-20(11-13-39)19-43-30-18-29(37)28(17-27(30)21-6-7-21)33(40)38-31(34(41)42)22-8-9-22;1-2/h1-5,14-18,20-22,31-32H,6-13,19H2,(H,38,40)(H,41,42);2H,1H3. The Morgan fingerprint density at radius 2 is 1.58 bits per heavy atom. The van der Waals surface area contributed by atoms with Crippen LogP contribution in [0.5, 0.6) is 5.75 Å². The molecule has 1 amide bonds. The maximum absolute atomic E-state index is 15.2. The van der Waals surface area contributed by atoms with Crippen LogP contribution < -0.4 is 10.1 Å². The zero-order valence-electron chi connectivity index (χ0n) is 25.2. The molecule has 1 aliphatic heterocycles. The molecule has 0 radical (unpaired) electrons. The topological polar surface area (TPSA) is 99.1 Å². The molecule has 7 nitrogen and oxygen atoms in total. The van der Waals surface area contributed by atoms with E-state index < -0.39 is 23.7 Å². The van der Waals surface area contributed by atoms with Crippen LogP contribution in [0.15, 0.2) is 60.7 Å². The first kappa shape index (κ1) is 33.2. The number of ether oxygens (including phenoxy) is 1.